The van der Waals surface area contributed by atoms with Gasteiger partial charge >= 0.3 is 7.12 Å². The second kappa shape index (κ2) is 32.0. The quantitative estimate of drug-likeness (QED) is 0.0521. The van der Waals surface area contributed by atoms with Gasteiger partial charge < -0.3 is 33.6 Å². The number of anilines is 12. The van der Waals surface area contributed by atoms with E-state index in [0.717, 1.165) is 91.5 Å². The monoisotopic (exact) mass is 1340 g/mol. The fraction of sp³-hybridized carbons (Fsp3) is 0.122. The van der Waals surface area contributed by atoms with Crippen molar-refractivity contribution in [3.8, 4) is 11.1 Å². The Bertz CT molecular complexity index is 4110. The van der Waals surface area contributed by atoms with Crippen molar-refractivity contribution in [1.29, 1.82) is 0 Å². The molecule has 12 aromatic carbocycles. The molecule has 0 N–H and O–H groups in total. The second-order valence-electron chi connectivity index (χ2n) is 23.9. The summed E-state index contributed by atoms with van der Waals surface area (Å²) < 4.78 is 17.6. The first-order valence-corrected chi connectivity index (χ1v) is 33.0. The number of ether oxygens (including phenoxy) is 1. The zero-order valence-corrected chi connectivity index (χ0v) is 56.1. The molecule has 2 aliphatic heterocycles. The Kier molecular flexibility index (Phi) is 22.3. The topological polar surface area (TPSA) is 127 Å². The molecule has 14 rings (SSSR count). The highest BCUT2D eigenvalue weighted by Gasteiger charge is 2.53. The second-order valence-corrected chi connectivity index (χ2v) is 24.8. The van der Waals surface area contributed by atoms with E-state index in [1.54, 1.807) is 30.3 Å². The number of nitrogens with zero attached hydrogens (tertiary/aromatic N) is 6. The first-order valence-electron chi connectivity index (χ1n) is 32.2. The maximum absolute atomic E-state index is 12.1. The van der Waals surface area contributed by atoms with Gasteiger partial charge in [0.1, 0.15) is 0 Å². The van der Waals surface area contributed by atoms with E-state index < -0.39 is 23.2 Å². The van der Waals surface area contributed by atoms with Crippen molar-refractivity contribution in [2.45, 2.75) is 51.7 Å². The molecule has 0 spiro atoms. The van der Waals surface area contributed by atoms with Crippen molar-refractivity contribution in [3.63, 3.8) is 0 Å². The average molecular weight is 1350 g/mol. The first-order chi connectivity index (χ1) is 47.2. The van der Waals surface area contributed by atoms with Gasteiger partial charge in [-0.15, -0.1) is 0 Å². The van der Waals surface area contributed by atoms with E-state index in [1.165, 1.54) is 18.9 Å². The summed E-state index contributed by atoms with van der Waals surface area (Å²) >= 11 is 3.79. The van der Waals surface area contributed by atoms with Crippen LogP contribution in [0.2, 0.25) is 0 Å². The van der Waals surface area contributed by atoms with E-state index in [4.69, 9.17) is 14.0 Å². The fourth-order valence-corrected chi connectivity index (χ4v) is 11.9. The Morgan fingerprint density at radius 2 is 0.598 bits per heavy atom. The van der Waals surface area contributed by atoms with Gasteiger partial charge in [-0.3, -0.25) is 20.2 Å². The van der Waals surface area contributed by atoms with Crippen molar-refractivity contribution in [3.05, 3.63) is 352 Å². The number of rotatable bonds is 16. The van der Waals surface area contributed by atoms with Crippen LogP contribution in [0.5, 0.6) is 0 Å². The van der Waals surface area contributed by atoms with Crippen molar-refractivity contribution >= 4 is 108 Å². The molecule has 2 saturated heterocycles. The van der Waals surface area contributed by atoms with Gasteiger partial charge in [0.15, 0.2) is 0 Å². The number of nitro groups is 2. The lowest BCUT2D eigenvalue weighted by Crippen LogP contribution is -2.41. The number of hydrogen-bond acceptors (Lipinski definition) is 11. The highest BCUT2D eigenvalue weighted by molar-refractivity contribution is 9.10. The summed E-state index contributed by atoms with van der Waals surface area (Å²) in [6, 6.07) is 109. The molecule has 0 radical (unpaired) electrons. The largest absolute Gasteiger partial charge is 0.501 e. The van der Waals surface area contributed by atoms with Gasteiger partial charge in [-0.1, -0.05) is 192 Å². The number of benzene rings is 12. The van der Waals surface area contributed by atoms with Crippen LogP contribution in [0.4, 0.5) is 79.6 Å². The van der Waals surface area contributed by atoms with E-state index in [-0.39, 0.29) is 16.3 Å². The average Bonchev–Trinajstić information content (AvgIpc) is 1.55. The van der Waals surface area contributed by atoms with Gasteiger partial charge in [0.25, 0.3) is 11.4 Å². The summed E-state index contributed by atoms with van der Waals surface area (Å²) in [5, 5.41) is 23.1. The first kappa shape index (κ1) is 67.5. The molecule has 0 saturated carbocycles. The molecule has 484 valence electrons. The summed E-state index contributed by atoms with van der Waals surface area (Å²) in [4.78, 5) is 31.3. The minimum atomic E-state index is -0.698. The molecule has 0 aromatic heterocycles. The molecular weight excluding hydrogens is 1270 g/mol. The fourth-order valence-electron chi connectivity index (χ4n) is 11.4. The molecule has 12 aromatic rings. The van der Waals surface area contributed by atoms with Gasteiger partial charge in [-0.2, -0.15) is 0 Å². The lowest BCUT2D eigenvalue weighted by molar-refractivity contribution is -0.384. The van der Waals surface area contributed by atoms with Gasteiger partial charge in [-0.25, -0.2) is 0 Å². The predicted molar refractivity (Wildman–Crippen MR) is 400 cm³/mol. The molecular formula is C82H74BBrN6O7. The van der Waals surface area contributed by atoms with Crippen LogP contribution < -0.4 is 25.1 Å². The zero-order valence-electron chi connectivity index (χ0n) is 54.5. The standard InChI is InChI=1S/C36H27N3O2.C30H23BrN2.C12H16BNO4.C4H8O/c40-39(41)36-24-14-13-23-35(36)28-25-33(37(29-15-5-1-6-16-29)30-17-7-2-8-18-30)27-34(26-28)38(31-19-9-3-10-20-31)32-21-11-4-12-22-32;31-24-21-29(32(25-13-5-1-6-14-25)26-15-7-2-8-16-26)23-30(22-24)33(27-17-9-3-10-18-27)28-19-11-4-12-20-28;1-11(2)12(3,4)18-13(17-11)9-7-5-6-8-10(9)14(15)16;1-2-4-5-3-1/h1-27H;1-23H;5-8H,1-4H3;1-4H2. The van der Waals surface area contributed by atoms with Crippen LogP contribution in [0.3, 0.4) is 0 Å². The van der Waals surface area contributed by atoms with Crippen molar-refractivity contribution in [2.24, 2.45) is 0 Å². The van der Waals surface area contributed by atoms with Gasteiger partial charge in [-0.05, 0) is 186 Å². The Morgan fingerprint density at radius 1 is 0.340 bits per heavy atom. The van der Waals surface area contributed by atoms with E-state index in [0.29, 0.717) is 11.0 Å². The molecule has 2 fully saturated rings. The SMILES string of the molecule is Brc1cc(N(c2ccccc2)c2ccccc2)cc(N(c2ccccc2)c2ccccc2)c1.C1CCOC1.CC1(C)OB(c2ccccc2[N+](=O)[O-])OC1(C)C.O=[N+]([O-])c1ccccc1-c1cc(N(c2ccccc2)c2ccccc2)cc(N(c2ccccc2)c2ccccc2)c1. The summed E-state index contributed by atoms with van der Waals surface area (Å²) in [6.45, 7) is 9.67. The van der Waals surface area contributed by atoms with Crippen LogP contribution in [0.15, 0.2) is 332 Å². The Labute approximate surface area is 576 Å². The Hall–Kier alpha value is -10.9. The van der Waals surface area contributed by atoms with Crippen molar-refractivity contribution < 1.29 is 23.9 Å². The number of hydrogen-bond donors (Lipinski definition) is 0. The van der Waals surface area contributed by atoms with E-state index in [1.807, 2.05) is 149 Å². The third-order valence-corrected chi connectivity index (χ3v) is 17.3. The van der Waals surface area contributed by atoms with Crippen molar-refractivity contribution in [2.75, 3.05) is 32.8 Å². The van der Waals surface area contributed by atoms with Gasteiger partial charge in [0.05, 0.1) is 32.1 Å². The highest BCUT2D eigenvalue weighted by Crippen LogP contribution is 2.46. The molecule has 0 aliphatic carbocycles. The van der Waals surface area contributed by atoms with Crippen LogP contribution in [0.25, 0.3) is 11.1 Å². The van der Waals surface area contributed by atoms with Crippen LogP contribution >= 0.6 is 15.9 Å². The third kappa shape index (κ3) is 16.8. The maximum Gasteiger partial charge on any atom is 0.501 e. The van der Waals surface area contributed by atoms with E-state index >= 15 is 0 Å². The lowest BCUT2D eigenvalue weighted by Gasteiger charge is -2.32. The van der Waals surface area contributed by atoms with Gasteiger partial charge in [0.2, 0.25) is 0 Å². The lowest BCUT2D eigenvalue weighted by atomic mass is 9.78. The third-order valence-electron chi connectivity index (χ3n) is 16.8. The molecule has 2 aliphatic rings. The minimum Gasteiger partial charge on any atom is -0.399 e. The van der Waals surface area contributed by atoms with E-state index in [2.05, 4.69) is 205 Å². The number of para-hydroxylation sites is 10. The minimum absolute atomic E-state index is 0.0241. The molecule has 13 nitrogen and oxygen atoms in total. The molecule has 15 heteroatoms. The Morgan fingerprint density at radius 3 is 0.876 bits per heavy atom. The van der Waals surface area contributed by atoms with Gasteiger partial charge in [0, 0.05) is 98.1 Å². The normalized spacial score (nSPS) is 13.2. The maximum atomic E-state index is 12.1. The summed E-state index contributed by atoms with van der Waals surface area (Å²) in [6.07, 6.45) is 2.56. The predicted octanol–water partition coefficient (Wildman–Crippen LogP) is 22.3. The van der Waals surface area contributed by atoms with Crippen molar-refractivity contribution in [1.82, 2.24) is 0 Å². The van der Waals surface area contributed by atoms with E-state index in [9.17, 15) is 20.2 Å². The summed E-state index contributed by atoms with van der Waals surface area (Å²) in [7, 11) is -0.698. The molecule has 97 heavy (non-hydrogen) atoms. The molecule has 0 bridgehead atoms. The number of nitro benzene ring substituents is 2. The Balaban J connectivity index is 0.000000151. The van der Waals surface area contributed by atoms with Crippen LogP contribution in [0.1, 0.15) is 40.5 Å². The van der Waals surface area contributed by atoms with Crippen LogP contribution in [0, 0.1) is 20.2 Å². The molecule has 2 heterocycles. The van der Waals surface area contributed by atoms with Crippen LogP contribution in [-0.2, 0) is 14.0 Å². The summed E-state index contributed by atoms with van der Waals surface area (Å²) in [5.41, 5.74) is 13.1. The smallest absolute Gasteiger partial charge is 0.399 e. The van der Waals surface area contributed by atoms with Crippen LogP contribution in [-0.4, -0.2) is 41.4 Å². The summed E-state index contributed by atoms with van der Waals surface area (Å²) in [5.74, 6) is 0. The molecule has 0 unspecified atom stereocenters. The zero-order chi connectivity index (χ0) is 67.6. The molecule has 0 amide bonds. The number of halogens is 1. The highest BCUT2D eigenvalue weighted by atomic mass is 79.9. The molecule has 0 atom stereocenters.